The maximum atomic E-state index is 11.2. The van der Waals surface area contributed by atoms with Gasteiger partial charge in [-0.15, -0.1) is 0 Å². The zero-order chi connectivity index (χ0) is 15.4. The molecule has 0 aliphatic heterocycles. The fourth-order valence-corrected chi connectivity index (χ4v) is 2.06. The van der Waals surface area contributed by atoms with Crippen LogP contribution in [0.5, 0.6) is 0 Å². The number of carbonyl (C=O) groups is 1. The summed E-state index contributed by atoms with van der Waals surface area (Å²) >= 11 is 0. The quantitative estimate of drug-likeness (QED) is 0.448. The van der Waals surface area contributed by atoms with Crippen LogP contribution in [-0.4, -0.2) is 42.8 Å². The predicted octanol–water partition coefficient (Wildman–Crippen LogP) is 2.16. The summed E-state index contributed by atoms with van der Waals surface area (Å²) in [6, 6.07) is 4.29. The number of carboxylic acids is 1. The van der Waals surface area contributed by atoms with Gasteiger partial charge in [-0.25, -0.2) is 4.79 Å². The van der Waals surface area contributed by atoms with Crippen LogP contribution in [0.3, 0.4) is 0 Å². The van der Waals surface area contributed by atoms with Crippen LogP contribution < -0.4 is 4.90 Å². The lowest BCUT2D eigenvalue weighted by Gasteiger charge is -2.19. The molecule has 0 saturated heterocycles. The Labute approximate surface area is 122 Å². The Hall–Kier alpha value is -2.15. The number of nitrogens with zero attached hydrogens (tertiary/aromatic N) is 2. The highest BCUT2D eigenvalue weighted by molar-refractivity contribution is 5.95. The molecule has 2 rings (SSSR count). The van der Waals surface area contributed by atoms with Gasteiger partial charge < -0.3 is 14.7 Å². The van der Waals surface area contributed by atoms with Gasteiger partial charge in [-0.3, -0.25) is 10.1 Å². The fraction of sp³-hybridized carbons (Fsp3) is 0.500. The van der Waals surface area contributed by atoms with Crippen LogP contribution in [0.2, 0.25) is 0 Å². The number of aromatic carboxylic acids is 1. The van der Waals surface area contributed by atoms with Crippen molar-refractivity contribution in [2.24, 2.45) is 5.92 Å². The van der Waals surface area contributed by atoms with Crippen LogP contribution in [0.4, 0.5) is 11.4 Å². The van der Waals surface area contributed by atoms with Gasteiger partial charge in [0.1, 0.15) is 11.3 Å². The molecule has 1 aromatic carbocycles. The minimum atomic E-state index is -1.30. The van der Waals surface area contributed by atoms with Crippen molar-refractivity contribution in [1.29, 1.82) is 0 Å². The molecule has 0 spiro atoms. The molecule has 1 fully saturated rings. The van der Waals surface area contributed by atoms with Crippen molar-refractivity contribution in [3.8, 4) is 0 Å². The number of hydrogen-bond donors (Lipinski definition) is 1. The first-order valence-corrected chi connectivity index (χ1v) is 6.80. The number of ether oxygens (including phenoxy) is 1. The zero-order valence-electron chi connectivity index (χ0n) is 11.8. The van der Waals surface area contributed by atoms with Crippen molar-refractivity contribution in [3.63, 3.8) is 0 Å². The van der Waals surface area contributed by atoms with E-state index in [0.29, 0.717) is 19.1 Å². The minimum Gasteiger partial charge on any atom is -0.477 e. The molecule has 1 N–H and O–H groups in total. The molecule has 0 atom stereocenters. The van der Waals surface area contributed by atoms with Crippen molar-refractivity contribution in [3.05, 3.63) is 33.9 Å². The maximum Gasteiger partial charge on any atom is 0.342 e. The van der Waals surface area contributed by atoms with Gasteiger partial charge in [-0.2, -0.15) is 0 Å². The van der Waals surface area contributed by atoms with Crippen LogP contribution >= 0.6 is 0 Å². The van der Waals surface area contributed by atoms with Gasteiger partial charge in [0.05, 0.1) is 11.5 Å². The number of nitro groups is 1. The van der Waals surface area contributed by atoms with Gasteiger partial charge >= 0.3 is 11.7 Å². The average molecular weight is 294 g/mol. The average Bonchev–Trinajstić information content (AvgIpc) is 3.26. The number of hydrogen-bond acceptors (Lipinski definition) is 5. The van der Waals surface area contributed by atoms with Crippen LogP contribution in [0, 0.1) is 16.0 Å². The molecule has 21 heavy (non-hydrogen) atoms. The van der Waals surface area contributed by atoms with Crippen molar-refractivity contribution >= 4 is 17.3 Å². The smallest absolute Gasteiger partial charge is 0.342 e. The first kappa shape index (κ1) is 15.2. The van der Waals surface area contributed by atoms with E-state index in [1.165, 1.54) is 25.0 Å². The van der Waals surface area contributed by atoms with E-state index in [9.17, 15) is 14.9 Å². The molecule has 7 nitrogen and oxygen atoms in total. The zero-order valence-corrected chi connectivity index (χ0v) is 11.8. The van der Waals surface area contributed by atoms with E-state index < -0.39 is 10.9 Å². The number of likely N-dealkylation sites (N-methyl/N-ethyl adjacent to an activating group) is 1. The Balaban J connectivity index is 2.07. The Morgan fingerprint density at radius 3 is 2.81 bits per heavy atom. The molecule has 7 heteroatoms. The Bertz CT molecular complexity index is 542. The number of carboxylic acid groups (broad SMARTS) is 1. The lowest BCUT2D eigenvalue weighted by molar-refractivity contribution is -0.384. The standard InChI is InChI=1S/C14H18N2O5/c1-15(7-8-21-9-10-5-6-10)12-4-2-3-11(14(17)18)13(12)16(19)20/h2-4,10H,5-9H2,1H3,(H,17,18). The largest absolute Gasteiger partial charge is 0.477 e. The van der Waals surface area contributed by atoms with Gasteiger partial charge in [0, 0.05) is 20.2 Å². The highest BCUT2D eigenvalue weighted by Gasteiger charge is 2.26. The molecule has 1 aromatic rings. The van der Waals surface area contributed by atoms with Crippen LogP contribution in [-0.2, 0) is 4.74 Å². The number of anilines is 1. The van der Waals surface area contributed by atoms with Gasteiger partial charge in [-0.05, 0) is 30.9 Å². The Morgan fingerprint density at radius 2 is 2.24 bits per heavy atom. The molecule has 0 aromatic heterocycles. The molecule has 1 saturated carbocycles. The van der Waals surface area contributed by atoms with E-state index in [1.54, 1.807) is 18.0 Å². The molecule has 114 valence electrons. The number of nitro benzene ring substituents is 1. The second-order valence-electron chi connectivity index (χ2n) is 5.18. The first-order chi connectivity index (χ1) is 10.0. The number of rotatable bonds is 8. The van der Waals surface area contributed by atoms with Crippen molar-refractivity contribution in [2.45, 2.75) is 12.8 Å². The molecular weight excluding hydrogens is 276 g/mol. The topological polar surface area (TPSA) is 92.9 Å². The molecule has 1 aliphatic rings. The van der Waals surface area contributed by atoms with Crippen molar-refractivity contribution < 1.29 is 19.6 Å². The molecule has 0 heterocycles. The monoisotopic (exact) mass is 294 g/mol. The summed E-state index contributed by atoms with van der Waals surface area (Å²) in [5, 5.41) is 20.2. The van der Waals surface area contributed by atoms with Crippen LogP contribution in [0.15, 0.2) is 18.2 Å². The van der Waals surface area contributed by atoms with Crippen molar-refractivity contribution in [2.75, 3.05) is 31.7 Å². The Morgan fingerprint density at radius 1 is 1.52 bits per heavy atom. The Kier molecular flexibility index (Phi) is 4.74. The van der Waals surface area contributed by atoms with Gasteiger partial charge in [0.2, 0.25) is 0 Å². The minimum absolute atomic E-state index is 0.287. The summed E-state index contributed by atoms with van der Waals surface area (Å²) in [4.78, 5) is 23.3. The predicted molar refractivity (Wildman–Crippen MR) is 76.9 cm³/mol. The van der Waals surface area contributed by atoms with Crippen LogP contribution in [0.1, 0.15) is 23.2 Å². The second-order valence-corrected chi connectivity index (χ2v) is 5.18. The van der Waals surface area contributed by atoms with E-state index in [1.807, 2.05) is 0 Å². The fourth-order valence-electron chi connectivity index (χ4n) is 2.06. The summed E-state index contributed by atoms with van der Waals surface area (Å²) in [6.07, 6.45) is 2.42. The van der Waals surface area contributed by atoms with E-state index >= 15 is 0 Å². The second kappa shape index (κ2) is 6.53. The summed E-state index contributed by atoms with van der Waals surface area (Å²) in [5.74, 6) is -0.637. The molecule has 0 unspecified atom stereocenters. The molecule has 0 bridgehead atoms. The normalized spacial score (nSPS) is 14.0. The molecule has 1 aliphatic carbocycles. The summed E-state index contributed by atoms with van der Waals surface area (Å²) < 4.78 is 5.50. The summed E-state index contributed by atoms with van der Waals surface area (Å²) in [6.45, 7) is 1.66. The van der Waals surface area contributed by atoms with Crippen LogP contribution in [0.25, 0.3) is 0 Å². The molecule has 0 amide bonds. The number of benzene rings is 1. The molecular formula is C14H18N2O5. The third-order valence-corrected chi connectivity index (χ3v) is 3.46. The lowest BCUT2D eigenvalue weighted by atomic mass is 10.1. The van der Waals surface area contributed by atoms with Gasteiger partial charge in [0.25, 0.3) is 0 Å². The van der Waals surface area contributed by atoms with E-state index in [2.05, 4.69) is 0 Å². The number of para-hydroxylation sites is 1. The summed E-state index contributed by atoms with van der Waals surface area (Å²) in [5.41, 5.74) is -0.395. The lowest BCUT2D eigenvalue weighted by Crippen LogP contribution is -2.24. The highest BCUT2D eigenvalue weighted by Crippen LogP contribution is 2.31. The van der Waals surface area contributed by atoms with E-state index in [4.69, 9.17) is 9.84 Å². The third-order valence-electron chi connectivity index (χ3n) is 3.46. The first-order valence-electron chi connectivity index (χ1n) is 6.80. The highest BCUT2D eigenvalue weighted by atomic mass is 16.6. The SMILES string of the molecule is CN(CCOCC1CC1)c1cccc(C(=O)O)c1[N+](=O)[O-]. The van der Waals surface area contributed by atoms with Crippen molar-refractivity contribution in [1.82, 2.24) is 0 Å². The van der Waals surface area contributed by atoms with Gasteiger partial charge in [0.15, 0.2) is 0 Å². The molecule has 0 radical (unpaired) electrons. The van der Waals surface area contributed by atoms with E-state index in [-0.39, 0.29) is 16.9 Å². The third kappa shape index (κ3) is 3.91. The summed E-state index contributed by atoms with van der Waals surface area (Å²) in [7, 11) is 1.69. The van der Waals surface area contributed by atoms with E-state index in [0.717, 1.165) is 6.61 Å². The van der Waals surface area contributed by atoms with Gasteiger partial charge in [-0.1, -0.05) is 6.07 Å². The maximum absolute atomic E-state index is 11.2.